The first-order valence-corrected chi connectivity index (χ1v) is 10.3. The maximum absolute atomic E-state index is 12.8. The van der Waals surface area contributed by atoms with Crippen LogP contribution in [0.5, 0.6) is 0 Å². The maximum atomic E-state index is 12.8. The molecule has 0 bridgehead atoms. The molecule has 0 radical (unpaired) electrons. The Balaban J connectivity index is 1.68. The number of nitrogens with one attached hydrogen (secondary N) is 1. The lowest BCUT2D eigenvalue weighted by molar-refractivity contribution is 0.102. The van der Waals surface area contributed by atoms with Crippen LogP contribution in [-0.4, -0.2) is 15.9 Å². The molecule has 2 aromatic heterocycles. The molecular weight excluding hydrogens is 568 g/mol. The van der Waals surface area contributed by atoms with E-state index in [0.717, 1.165) is 24.0 Å². The number of aryl methyl sites for hydroxylation is 1. The Morgan fingerprint density at radius 3 is 2.78 bits per heavy atom. The van der Waals surface area contributed by atoms with E-state index in [4.69, 9.17) is 4.42 Å². The van der Waals surface area contributed by atoms with Crippen LogP contribution < -0.4 is 5.32 Å². The first-order chi connectivity index (χ1) is 13.0. The molecule has 1 N–H and O–H groups in total. The Hall–Kier alpha value is -2.01. The van der Waals surface area contributed by atoms with Crippen molar-refractivity contribution in [3.8, 4) is 11.5 Å². The average molecular weight is 581 g/mol. The number of rotatable bonds is 3. The van der Waals surface area contributed by atoms with E-state index in [9.17, 15) is 4.79 Å². The molecule has 0 saturated heterocycles. The standard InChI is InChI=1S/C20H13I2N3O2/c1-11-4-5-12(20-25-18-17(27-20)3-2-8-23-18)9-16(11)24-19(26)14-10-13(21)6-7-15(14)22/h2-10H,1H3,(H,24,26). The number of benzene rings is 2. The van der Waals surface area contributed by atoms with Gasteiger partial charge in [0.25, 0.3) is 5.91 Å². The topological polar surface area (TPSA) is 68.0 Å². The van der Waals surface area contributed by atoms with Gasteiger partial charge in [0.15, 0.2) is 11.2 Å². The lowest BCUT2D eigenvalue weighted by Gasteiger charge is -2.11. The molecule has 0 unspecified atom stereocenters. The van der Waals surface area contributed by atoms with Crippen molar-refractivity contribution in [2.45, 2.75) is 6.92 Å². The SMILES string of the molecule is Cc1ccc(-c2nc3ncccc3o2)cc1NC(=O)c1cc(I)ccc1I. The molecule has 0 aliphatic carbocycles. The number of carbonyl (C=O) groups is 1. The van der Waals surface area contributed by atoms with Crippen LogP contribution in [0.2, 0.25) is 0 Å². The van der Waals surface area contributed by atoms with Gasteiger partial charge >= 0.3 is 0 Å². The molecule has 0 fully saturated rings. The number of fused-ring (bicyclic) bond motifs is 1. The zero-order valence-electron chi connectivity index (χ0n) is 14.2. The van der Waals surface area contributed by atoms with Crippen LogP contribution in [-0.2, 0) is 0 Å². The fourth-order valence-corrected chi connectivity index (χ4v) is 3.71. The van der Waals surface area contributed by atoms with Crippen molar-refractivity contribution < 1.29 is 9.21 Å². The Morgan fingerprint density at radius 1 is 1.11 bits per heavy atom. The van der Waals surface area contributed by atoms with E-state index in [1.54, 1.807) is 12.3 Å². The number of hydrogen-bond donors (Lipinski definition) is 1. The maximum Gasteiger partial charge on any atom is 0.256 e. The summed E-state index contributed by atoms with van der Waals surface area (Å²) in [6.07, 6.45) is 1.68. The summed E-state index contributed by atoms with van der Waals surface area (Å²) >= 11 is 4.37. The van der Waals surface area contributed by atoms with Gasteiger partial charge < -0.3 is 9.73 Å². The van der Waals surface area contributed by atoms with Crippen LogP contribution in [0.3, 0.4) is 0 Å². The van der Waals surface area contributed by atoms with Crippen molar-refractivity contribution in [3.05, 3.63) is 73.0 Å². The summed E-state index contributed by atoms with van der Waals surface area (Å²) in [5.41, 5.74) is 4.31. The zero-order chi connectivity index (χ0) is 19.0. The Kier molecular flexibility index (Phi) is 5.13. The monoisotopic (exact) mass is 581 g/mol. The molecular formula is C20H13I2N3O2. The molecule has 4 aromatic rings. The summed E-state index contributed by atoms with van der Waals surface area (Å²) in [6.45, 7) is 1.95. The van der Waals surface area contributed by atoms with Gasteiger partial charge in [-0.3, -0.25) is 4.79 Å². The summed E-state index contributed by atoms with van der Waals surface area (Å²) in [7, 11) is 0. The number of anilines is 1. The van der Waals surface area contributed by atoms with Gasteiger partial charge in [-0.05, 0) is 100 Å². The van der Waals surface area contributed by atoms with E-state index in [2.05, 4.69) is 60.5 Å². The van der Waals surface area contributed by atoms with Crippen LogP contribution in [0.15, 0.2) is 59.1 Å². The molecule has 0 spiro atoms. The van der Waals surface area contributed by atoms with Gasteiger partial charge in [-0.15, -0.1) is 0 Å². The minimum Gasteiger partial charge on any atom is -0.434 e. The van der Waals surface area contributed by atoms with Crippen molar-refractivity contribution in [3.63, 3.8) is 0 Å². The lowest BCUT2D eigenvalue weighted by Crippen LogP contribution is -2.14. The average Bonchev–Trinajstić information content (AvgIpc) is 3.09. The van der Waals surface area contributed by atoms with Gasteiger partial charge in [-0.25, -0.2) is 4.98 Å². The highest BCUT2D eigenvalue weighted by atomic mass is 127. The van der Waals surface area contributed by atoms with E-state index < -0.39 is 0 Å². The van der Waals surface area contributed by atoms with Crippen molar-refractivity contribution in [1.29, 1.82) is 0 Å². The number of oxazole rings is 1. The summed E-state index contributed by atoms with van der Waals surface area (Å²) in [5.74, 6) is 0.334. The largest absolute Gasteiger partial charge is 0.434 e. The van der Waals surface area contributed by atoms with E-state index in [1.165, 1.54) is 0 Å². The van der Waals surface area contributed by atoms with Crippen LogP contribution in [0.4, 0.5) is 5.69 Å². The molecule has 2 aromatic carbocycles. The Labute approximate surface area is 182 Å². The number of halogens is 2. The molecule has 5 nitrogen and oxygen atoms in total. The first-order valence-electron chi connectivity index (χ1n) is 8.10. The second-order valence-electron chi connectivity index (χ2n) is 5.95. The number of carbonyl (C=O) groups excluding carboxylic acids is 1. The quantitative estimate of drug-likeness (QED) is 0.318. The molecule has 4 rings (SSSR count). The minimum atomic E-state index is -0.141. The summed E-state index contributed by atoms with van der Waals surface area (Å²) in [4.78, 5) is 21.4. The molecule has 27 heavy (non-hydrogen) atoms. The fraction of sp³-hybridized carbons (Fsp3) is 0.0500. The molecule has 0 aliphatic rings. The van der Waals surface area contributed by atoms with Crippen molar-refractivity contribution >= 4 is 68.0 Å². The van der Waals surface area contributed by atoms with Crippen molar-refractivity contribution in [2.75, 3.05) is 5.32 Å². The minimum absolute atomic E-state index is 0.141. The zero-order valence-corrected chi connectivity index (χ0v) is 18.5. The van der Waals surface area contributed by atoms with Crippen LogP contribution in [0.1, 0.15) is 15.9 Å². The van der Waals surface area contributed by atoms with Gasteiger partial charge in [0.2, 0.25) is 5.89 Å². The van der Waals surface area contributed by atoms with Gasteiger partial charge in [-0.1, -0.05) is 6.07 Å². The lowest BCUT2D eigenvalue weighted by atomic mass is 10.1. The summed E-state index contributed by atoms with van der Waals surface area (Å²) in [6, 6.07) is 15.2. The highest BCUT2D eigenvalue weighted by Crippen LogP contribution is 2.28. The van der Waals surface area contributed by atoms with E-state index in [1.807, 2.05) is 49.4 Å². The Bertz CT molecular complexity index is 1140. The predicted molar refractivity (Wildman–Crippen MR) is 122 cm³/mol. The molecule has 1 amide bonds. The third-order valence-electron chi connectivity index (χ3n) is 4.07. The third kappa shape index (κ3) is 3.84. The first kappa shape index (κ1) is 18.4. The smallest absolute Gasteiger partial charge is 0.256 e. The number of nitrogens with zero attached hydrogens (tertiary/aromatic N) is 2. The highest BCUT2D eigenvalue weighted by Gasteiger charge is 2.14. The van der Waals surface area contributed by atoms with Crippen molar-refractivity contribution in [1.82, 2.24) is 9.97 Å². The highest BCUT2D eigenvalue weighted by molar-refractivity contribution is 14.1. The fourth-order valence-electron chi connectivity index (χ4n) is 2.64. The molecule has 0 atom stereocenters. The van der Waals surface area contributed by atoms with E-state index >= 15 is 0 Å². The number of pyridine rings is 1. The summed E-state index contributed by atoms with van der Waals surface area (Å²) < 4.78 is 7.71. The van der Waals surface area contributed by atoms with Crippen LogP contribution in [0, 0.1) is 14.1 Å². The molecule has 7 heteroatoms. The molecule has 2 heterocycles. The number of aromatic nitrogens is 2. The van der Waals surface area contributed by atoms with E-state index in [0.29, 0.717) is 22.7 Å². The van der Waals surface area contributed by atoms with Crippen molar-refractivity contribution in [2.24, 2.45) is 0 Å². The van der Waals surface area contributed by atoms with Gasteiger partial charge in [0.05, 0.1) is 5.56 Å². The molecule has 134 valence electrons. The predicted octanol–water partition coefficient (Wildman–Crippen LogP) is 5.66. The van der Waals surface area contributed by atoms with Crippen LogP contribution in [0.25, 0.3) is 22.7 Å². The molecule has 0 aliphatic heterocycles. The Morgan fingerprint density at radius 2 is 1.96 bits per heavy atom. The third-order valence-corrected chi connectivity index (χ3v) is 5.68. The number of amides is 1. The summed E-state index contributed by atoms with van der Waals surface area (Å²) in [5, 5.41) is 3.01. The number of hydrogen-bond acceptors (Lipinski definition) is 4. The second kappa shape index (κ2) is 7.55. The van der Waals surface area contributed by atoms with Gasteiger partial charge in [0, 0.05) is 24.6 Å². The van der Waals surface area contributed by atoms with E-state index in [-0.39, 0.29) is 5.91 Å². The normalized spacial score (nSPS) is 10.9. The van der Waals surface area contributed by atoms with Gasteiger partial charge in [0.1, 0.15) is 0 Å². The van der Waals surface area contributed by atoms with Crippen LogP contribution >= 0.6 is 45.2 Å². The van der Waals surface area contributed by atoms with Gasteiger partial charge in [-0.2, -0.15) is 4.98 Å². The second-order valence-corrected chi connectivity index (χ2v) is 8.36. The molecule has 0 saturated carbocycles.